The summed E-state index contributed by atoms with van der Waals surface area (Å²) in [5.74, 6) is -2.04. The third-order valence-electron chi connectivity index (χ3n) is 4.64. The highest BCUT2D eigenvalue weighted by atomic mass is 79.9. The van der Waals surface area contributed by atoms with Crippen LogP contribution < -0.4 is 14.9 Å². The quantitative estimate of drug-likeness (QED) is 0.287. The SMILES string of the molecule is Cc1ccc(Oc2c(C(F)(F)F)oc3cc(OCc4ccc(Br)cc4)ccc3c2=O)cc1. The molecule has 0 bridgehead atoms. The smallest absolute Gasteiger partial charge is 0.453 e. The Bertz CT molecular complexity index is 1310. The van der Waals surface area contributed by atoms with Crippen molar-refractivity contribution in [3.63, 3.8) is 0 Å². The zero-order chi connectivity index (χ0) is 22.9. The zero-order valence-corrected chi connectivity index (χ0v) is 18.3. The van der Waals surface area contributed by atoms with E-state index < -0.39 is 23.1 Å². The second-order valence-corrected chi connectivity index (χ2v) is 7.99. The van der Waals surface area contributed by atoms with Gasteiger partial charge in [0.2, 0.25) is 11.2 Å². The summed E-state index contributed by atoms with van der Waals surface area (Å²) in [6, 6.07) is 17.8. The van der Waals surface area contributed by atoms with Gasteiger partial charge in [0.1, 0.15) is 23.7 Å². The van der Waals surface area contributed by atoms with Gasteiger partial charge < -0.3 is 13.9 Å². The monoisotopic (exact) mass is 504 g/mol. The highest BCUT2D eigenvalue weighted by molar-refractivity contribution is 9.10. The van der Waals surface area contributed by atoms with Crippen molar-refractivity contribution >= 4 is 26.9 Å². The van der Waals surface area contributed by atoms with Crippen molar-refractivity contribution in [2.45, 2.75) is 19.7 Å². The van der Waals surface area contributed by atoms with Crippen molar-refractivity contribution in [3.8, 4) is 17.2 Å². The van der Waals surface area contributed by atoms with Crippen molar-refractivity contribution in [1.82, 2.24) is 0 Å². The Balaban J connectivity index is 1.71. The van der Waals surface area contributed by atoms with E-state index >= 15 is 0 Å². The molecule has 0 saturated carbocycles. The number of ether oxygens (including phenoxy) is 2. The van der Waals surface area contributed by atoms with Crippen molar-refractivity contribution in [1.29, 1.82) is 0 Å². The van der Waals surface area contributed by atoms with Gasteiger partial charge in [0, 0.05) is 10.5 Å². The minimum Gasteiger partial charge on any atom is -0.489 e. The van der Waals surface area contributed by atoms with Crippen LogP contribution >= 0.6 is 15.9 Å². The molecule has 0 unspecified atom stereocenters. The van der Waals surface area contributed by atoms with E-state index in [2.05, 4.69) is 15.9 Å². The lowest BCUT2D eigenvalue weighted by Crippen LogP contribution is -2.15. The number of hydrogen-bond donors (Lipinski definition) is 0. The van der Waals surface area contributed by atoms with Gasteiger partial charge >= 0.3 is 6.18 Å². The van der Waals surface area contributed by atoms with Crippen LogP contribution in [0.2, 0.25) is 0 Å². The molecule has 4 nitrogen and oxygen atoms in total. The van der Waals surface area contributed by atoms with E-state index in [1.54, 1.807) is 12.1 Å². The predicted molar refractivity (Wildman–Crippen MR) is 117 cm³/mol. The second kappa shape index (κ2) is 8.70. The van der Waals surface area contributed by atoms with Gasteiger partial charge in [0.15, 0.2) is 0 Å². The van der Waals surface area contributed by atoms with Crippen LogP contribution in [0.5, 0.6) is 17.2 Å². The molecule has 3 aromatic carbocycles. The first-order valence-electron chi connectivity index (χ1n) is 9.50. The summed E-state index contributed by atoms with van der Waals surface area (Å²) >= 11 is 3.34. The predicted octanol–water partition coefficient (Wildman–Crippen LogP) is 7.25. The molecule has 0 N–H and O–H groups in total. The highest BCUT2D eigenvalue weighted by Gasteiger charge is 2.40. The molecule has 164 valence electrons. The maximum Gasteiger partial charge on any atom is 0.453 e. The minimum atomic E-state index is -4.93. The van der Waals surface area contributed by atoms with Crippen LogP contribution in [0.4, 0.5) is 13.2 Å². The first kappa shape index (κ1) is 22.0. The van der Waals surface area contributed by atoms with Gasteiger partial charge in [-0.2, -0.15) is 13.2 Å². The van der Waals surface area contributed by atoms with Crippen LogP contribution in [0.25, 0.3) is 11.0 Å². The molecule has 0 atom stereocenters. The van der Waals surface area contributed by atoms with Crippen molar-refractivity contribution in [2.75, 3.05) is 0 Å². The Morgan fingerprint density at radius 2 is 1.59 bits per heavy atom. The Morgan fingerprint density at radius 3 is 2.25 bits per heavy atom. The lowest BCUT2D eigenvalue weighted by molar-refractivity contribution is -0.154. The molecule has 32 heavy (non-hydrogen) atoms. The molecular weight excluding hydrogens is 489 g/mol. The zero-order valence-electron chi connectivity index (χ0n) is 16.7. The molecule has 0 aliphatic rings. The van der Waals surface area contributed by atoms with E-state index in [1.165, 1.54) is 30.3 Å². The normalized spacial score (nSPS) is 11.5. The number of fused-ring (bicyclic) bond motifs is 1. The van der Waals surface area contributed by atoms with Crippen molar-refractivity contribution < 1.29 is 27.1 Å². The van der Waals surface area contributed by atoms with Crippen molar-refractivity contribution in [2.24, 2.45) is 0 Å². The molecule has 0 spiro atoms. The fourth-order valence-corrected chi connectivity index (χ4v) is 3.26. The van der Waals surface area contributed by atoms with Crippen LogP contribution in [0, 0.1) is 6.92 Å². The molecule has 0 fully saturated rings. The number of hydrogen-bond acceptors (Lipinski definition) is 4. The fourth-order valence-electron chi connectivity index (χ4n) is 3.00. The molecule has 0 amide bonds. The van der Waals surface area contributed by atoms with E-state index in [9.17, 15) is 18.0 Å². The maximum atomic E-state index is 13.7. The molecule has 4 aromatic rings. The van der Waals surface area contributed by atoms with Crippen LogP contribution in [-0.2, 0) is 12.8 Å². The van der Waals surface area contributed by atoms with Gasteiger partial charge in [-0.05, 0) is 48.9 Å². The van der Waals surface area contributed by atoms with Gasteiger partial charge in [-0.25, -0.2) is 0 Å². The lowest BCUT2D eigenvalue weighted by atomic mass is 10.2. The molecule has 0 radical (unpaired) electrons. The molecule has 8 heteroatoms. The van der Waals surface area contributed by atoms with Gasteiger partial charge in [-0.15, -0.1) is 0 Å². The molecule has 1 heterocycles. The average molecular weight is 505 g/mol. The van der Waals surface area contributed by atoms with E-state index in [1.807, 2.05) is 31.2 Å². The standard InChI is InChI=1S/C24H16BrF3O4/c1-14-2-8-17(9-3-14)31-22-21(29)19-11-10-18(12-20(19)32-23(22)24(26,27)28)30-13-15-4-6-16(25)7-5-15/h2-12H,13H2,1H3. The number of halogens is 4. The van der Waals surface area contributed by atoms with Crippen molar-refractivity contribution in [3.05, 3.63) is 98.3 Å². The Kier molecular flexibility index (Phi) is 5.97. The maximum absolute atomic E-state index is 13.7. The molecular formula is C24H16BrF3O4. The Morgan fingerprint density at radius 1 is 0.938 bits per heavy atom. The molecule has 0 aliphatic heterocycles. The van der Waals surface area contributed by atoms with Gasteiger partial charge in [0.05, 0.1) is 5.39 Å². The Labute approximate surface area is 189 Å². The first-order valence-corrected chi connectivity index (χ1v) is 10.3. The second-order valence-electron chi connectivity index (χ2n) is 7.08. The van der Waals surface area contributed by atoms with Crippen LogP contribution in [0.3, 0.4) is 0 Å². The van der Waals surface area contributed by atoms with E-state index in [0.717, 1.165) is 15.6 Å². The van der Waals surface area contributed by atoms with Gasteiger partial charge in [-0.1, -0.05) is 45.8 Å². The lowest BCUT2D eigenvalue weighted by Gasteiger charge is -2.14. The topological polar surface area (TPSA) is 48.7 Å². The summed E-state index contributed by atoms with van der Waals surface area (Å²) in [4.78, 5) is 12.9. The third kappa shape index (κ3) is 4.80. The molecule has 0 saturated heterocycles. The average Bonchev–Trinajstić information content (AvgIpc) is 2.75. The first-order chi connectivity index (χ1) is 15.2. The Hall–Kier alpha value is -3.26. The fraction of sp³-hybridized carbons (Fsp3) is 0.125. The minimum absolute atomic E-state index is 0.0453. The molecule has 0 aliphatic carbocycles. The van der Waals surface area contributed by atoms with Crippen LogP contribution in [-0.4, -0.2) is 0 Å². The number of alkyl halides is 3. The van der Waals surface area contributed by atoms with E-state index in [4.69, 9.17) is 13.9 Å². The summed E-state index contributed by atoms with van der Waals surface area (Å²) in [6.45, 7) is 2.02. The summed E-state index contributed by atoms with van der Waals surface area (Å²) < 4.78 is 58.0. The number of rotatable bonds is 5. The highest BCUT2D eigenvalue weighted by Crippen LogP contribution is 2.38. The van der Waals surface area contributed by atoms with Crippen LogP contribution in [0.1, 0.15) is 16.9 Å². The molecule has 1 aromatic heterocycles. The van der Waals surface area contributed by atoms with Gasteiger partial charge in [-0.3, -0.25) is 4.79 Å². The summed E-state index contributed by atoms with van der Waals surface area (Å²) in [6.07, 6.45) is -4.93. The van der Waals surface area contributed by atoms with Crippen LogP contribution in [0.15, 0.2) is 80.4 Å². The summed E-state index contributed by atoms with van der Waals surface area (Å²) in [5.41, 5.74) is 0.604. The summed E-state index contributed by atoms with van der Waals surface area (Å²) in [7, 11) is 0. The molecule has 4 rings (SSSR count). The van der Waals surface area contributed by atoms with E-state index in [0.29, 0.717) is 0 Å². The van der Waals surface area contributed by atoms with E-state index in [-0.39, 0.29) is 29.1 Å². The summed E-state index contributed by atoms with van der Waals surface area (Å²) in [5, 5.41) is -0.0453. The largest absolute Gasteiger partial charge is 0.489 e. The van der Waals surface area contributed by atoms with Gasteiger partial charge in [0.25, 0.3) is 5.76 Å². The number of aryl methyl sites for hydroxylation is 1. The third-order valence-corrected chi connectivity index (χ3v) is 5.17. The number of benzene rings is 3.